The van der Waals surface area contributed by atoms with Crippen LogP contribution in [0, 0.1) is 0 Å². The van der Waals surface area contributed by atoms with Crippen LogP contribution in [0.2, 0.25) is 0 Å². The highest BCUT2D eigenvalue weighted by atomic mass is 16.3. The lowest BCUT2D eigenvalue weighted by atomic mass is 10.0. The van der Waals surface area contributed by atoms with E-state index in [1.807, 2.05) is 45.0 Å². The fraction of sp³-hybridized carbons (Fsp3) is 0.280. The predicted molar refractivity (Wildman–Crippen MR) is 122 cm³/mol. The molecule has 4 N–H and O–H groups in total. The molecule has 160 valence electrons. The van der Waals surface area contributed by atoms with Gasteiger partial charge in [-0.25, -0.2) is 0 Å². The molecule has 0 saturated carbocycles. The van der Waals surface area contributed by atoms with Gasteiger partial charge >= 0.3 is 0 Å². The van der Waals surface area contributed by atoms with Gasteiger partial charge in [0.25, 0.3) is 0 Å². The Hall–Kier alpha value is -3.18. The minimum absolute atomic E-state index is 0.165. The molecule has 2 aromatic rings. The van der Waals surface area contributed by atoms with Gasteiger partial charge in [-0.05, 0) is 24.9 Å². The van der Waals surface area contributed by atoms with Gasteiger partial charge in [0, 0.05) is 17.0 Å². The van der Waals surface area contributed by atoms with Gasteiger partial charge in [0.05, 0.1) is 0 Å². The number of fused-ring (bicyclic) bond motifs is 1. The van der Waals surface area contributed by atoms with Crippen molar-refractivity contribution >= 4 is 10.8 Å². The minimum Gasteiger partial charge on any atom is -0.504 e. The Labute approximate surface area is 178 Å². The first-order valence-electron chi connectivity index (χ1n) is 10.3. The van der Waals surface area contributed by atoms with Crippen molar-refractivity contribution in [1.82, 2.24) is 4.90 Å². The van der Waals surface area contributed by atoms with Crippen molar-refractivity contribution in [3.05, 3.63) is 72.3 Å². The second-order valence-electron chi connectivity index (χ2n) is 6.88. The average molecular weight is 410 g/mol. The monoisotopic (exact) mass is 409 g/mol. The summed E-state index contributed by atoms with van der Waals surface area (Å²) >= 11 is 0. The van der Waals surface area contributed by atoms with E-state index in [0.717, 1.165) is 13.1 Å². The second-order valence-corrected chi connectivity index (χ2v) is 6.88. The first kappa shape index (κ1) is 23.1. The summed E-state index contributed by atoms with van der Waals surface area (Å²) in [4.78, 5) is 2.16. The molecule has 0 spiro atoms. The van der Waals surface area contributed by atoms with E-state index >= 15 is 0 Å². The van der Waals surface area contributed by atoms with Gasteiger partial charge in [-0.1, -0.05) is 87.5 Å². The molecule has 2 rings (SSSR count). The van der Waals surface area contributed by atoms with Crippen LogP contribution in [0.4, 0.5) is 0 Å². The fourth-order valence-corrected chi connectivity index (χ4v) is 3.55. The number of hydrogen-bond acceptors (Lipinski definition) is 5. The fourth-order valence-electron chi connectivity index (χ4n) is 3.55. The van der Waals surface area contributed by atoms with Crippen molar-refractivity contribution in [3.63, 3.8) is 0 Å². The van der Waals surface area contributed by atoms with Crippen LogP contribution in [-0.2, 0) is 0 Å². The Balaban J connectivity index is 3.01. The van der Waals surface area contributed by atoms with Crippen LogP contribution >= 0.6 is 0 Å². The van der Waals surface area contributed by atoms with Crippen LogP contribution in [0.25, 0.3) is 10.8 Å². The van der Waals surface area contributed by atoms with Crippen molar-refractivity contribution in [1.29, 1.82) is 0 Å². The van der Waals surface area contributed by atoms with E-state index in [1.165, 1.54) is 0 Å². The first-order chi connectivity index (χ1) is 14.5. The third kappa shape index (κ3) is 5.24. The van der Waals surface area contributed by atoms with E-state index in [-0.39, 0.29) is 6.04 Å². The SMILES string of the molecule is CCC(c1cccc2ccccccccc2c(O)c(O)c(O)c1O)N(CC)CC. The van der Waals surface area contributed by atoms with Gasteiger partial charge in [-0.3, -0.25) is 4.90 Å². The summed E-state index contributed by atoms with van der Waals surface area (Å²) in [6.07, 6.45) is 0.697. The topological polar surface area (TPSA) is 84.2 Å². The predicted octanol–water partition coefficient (Wildman–Crippen LogP) is 5.70. The second kappa shape index (κ2) is 11.1. The Bertz CT molecular complexity index is 984. The van der Waals surface area contributed by atoms with Crippen LogP contribution in [0.1, 0.15) is 38.8 Å². The summed E-state index contributed by atoms with van der Waals surface area (Å²) < 4.78 is 0. The summed E-state index contributed by atoms with van der Waals surface area (Å²) in [5, 5.41) is 43.6. The molecule has 0 radical (unpaired) electrons. The van der Waals surface area contributed by atoms with Crippen molar-refractivity contribution in [3.8, 4) is 23.0 Å². The lowest BCUT2D eigenvalue weighted by Gasteiger charge is -2.29. The molecular formula is C25H31NO4. The van der Waals surface area contributed by atoms with Gasteiger partial charge in [0.1, 0.15) is 0 Å². The maximum atomic E-state index is 10.8. The van der Waals surface area contributed by atoms with E-state index in [9.17, 15) is 20.4 Å². The highest BCUT2D eigenvalue weighted by molar-refractivity contribution is 5.88. The summed E-state index contributed by atoms with van der Waals surface area (Å²) in [6.45, 7) is 7.59. The molecule has 0 aliphatic carbocycles. The van der Waals surface area contributed by atoms with Crippen molar-refractivity contribution in [2.75, 3.05) is 13.1 Å². The Kier molecular flexibility index (Phi) is 8.56. The molecule has 0 aliphatic rings. The van der Waals surface area contributed by atoms with E-state index in [4.69, 9.17) is 0 Å². The molecule has 0 amide bonds. The van der Waals surface area contributed by atoms with Gasteiger partial charge in [-0.15, -0.1) is 0 Å². The smallest absolute Gasteiger partial charge is 0.204 e. The Morgan fingerprint density at radius 2 is 1.17 bits per heavy atom. The van der Waals surface area contributed by atoms with E-state index in [1.54, 1.807) is 42.5 Å². The number of nitrogens with zero attached hydrogens (tertiary/aromatic N) is 1. The van der Waals surface area contributed by atoms with Crippen LogP contribution in [0.3, 0.4) is 0 Å². The average Bonchev–Trinajstić information content (AvgIpc) is 2.76. The molecule has 0 heterocycles. The van der Waals surface area contributed by atoms with Crippen LogP contribution in [0.15, 0.2) is 66.7 Å². The molecule has 5 nitrogen and oxygen atoms in total. The molecular weight excluding hydrogens is 378 g/mol. The highest BCUT2D eigenvalue weighted by Gasteiger charge is 2.21. The zero-order valence-electron chi connectivity index (χ0n) is 17.8. The molecule has 5 heteroatoms. The number of aromatic hydroxyl groups is 4. The molecule has 1 atom stereocenters. The lowest BCUT2D eigenvalue weighted by Crippen LogP contribution is -2.28. The standard InChI is InChI=1S/C25H31NO4/c1-4-21(26(5-2)6-3)20-17-13-15-18-14-11-9-7-8-10-12-16-19(18)22(27)24(29)25(30)23(20)28/h7-17,21,27-30H,4-6H2,1-3H3. The summed E-state index contributed by atoms with van der Waals surface area (Å²) in [5.41, 5.74) is 0.473. The largest absolute Gasteiger partial charge is 0.504 e. The highest BCUT2D eigenvalue weighted by Crippen LogP contribution is 2.44. The normalized spacial score (nSPS) is 11.6. The van der Waals surface area contributed by atoms with E-state index < -0.39 is 23.0 Å². The lowest BCUT2D eigenvalue weighted by molar-refractivity contribution is 0.208. The summed E-state index contributed by atoms with van der Waals surface area (Å²) in [7, 11) is 0. The number of rotatable bonds is 5. The van der Waals surface area contributed by atoms with Crippen LogP contribution < -0.4 is 0 Å². The van der Waals surface area contributed by atoms with Gasteiger partial charge in [0.2, 0.25) is 11.5 Å². The first-order valence-corrected chi connectivity index (χ1v) is 10.3. The molecule has 2 aromatic carbocycles. The van der Waals surface area contributed by atoms with Crippen LogP contribution in [-0.4, -0.2) is 38.4 Å². The third-order valence-corrected chi connectivity index (χ3v) is 5.16. The molecule has 0 bridgehead atoms. The van der Waals surface area contributed by atoms with Crippen molar-refractivity contribution in [2.45, 2.75) is 33.2 Å². The van der Waals surface area contributed by atoms with Gasteiger partial charge in [-0.2, -0.15) is 0 Å². The van der Waals surface area contributed by atoms with Crippen molar-refractivity contribution < 1.29 is 20.4 Å². The molecule has 0 fully saturated rings. The maximum absolute atomic E-state index is 10.8. The maximum Gasteiger partial charge on any atom is 0.204 e. The van der Waals surface area contributed by atoms with Crippen molar-refractivity contribution in [2.24, 2.45) is 0 Å². The van der Waals surface area contributed by atoms with E-state index in [0.29, 0.717) is 22.8 Å². The third-order valence-electron chi connectivity index (χ3n) is 5.16. The molecule has 0 aromatic heterocycles. The number of hydrogen-bond donors (Lipinski definition) is 4. The Morgan fingerprint density at radius 3 is 1.77 bits per heavy atom. The molecule has 1 unspecified atom stereocenters. The zero-order chi connectivity index (χ0) is 22.1. The molecule has 0 aliphatic heterocycles. The van der Waals surface area contributed by atoms with Gasteiger partial charge in [0.15, 0.2) is 11.5 Å². The van der Waals surface area contributed by atoms with E-state index in [2.05, 4.69) is 4.90 Å². The van der Waals surface area contributed by atoms with Crippen LogP contribution in [0.5, 0.6) is 23.0 Å². The summed E-state index contributed by atoms with van der Waals surface area (Å²) in [5.74, 6) is -2.50. The quantitative estimate of drug-likeness (QED) is 0.509. The zero-order valence-corrected chi connectivity index (χ0v) is 17.8. The molecule has 30 heavy (non-hydrogen) atoms. The Morgan fingerprint density at radius 1 is 0.633 bits per heavy atom. The molecule has 0 saturated heterocycles. The minimum atomic E-state index is -0.773. The summed E-state index contributed by atoms with van der Waals surface area (Å²) in [6, 6.07) is 19.5. The van der Waals surface area contributed by atoms with Gasteiger partial charge < -0.3 is 20.4 Å².